The van der Waals surface area contributed by atoms with Crippen molar-refractivity contribution >= 4 is 11.7 Å². The number of aliphatic imine (C=N–C) groups is 1. The number of nitrogens with one attached hydrogen (secondary N) is 1. The van der Waals surface area contributed by atoms with Crippen LogP contribution in [-0.2, 0) is 0 Å². The first-order valence-electron chi connectivity index (χ1n) is 5.72. The molecule has 1 N–H and O–H groups in total. The number of nitrogens with zero attached hydrogens (tertiary/aromatic N) is 2. The summed E-state index contributed by atoms with van der Waals surface area (Å²) in [6.45, 7) is 14.8. The molecule has 0 aromatic heterocycles. The van der Waals surface area contributed by atoms with Crippen molar-refractivity contribution in [2.75, 3.05) is 13.1 Å². The molecule has 15 heavy (non-hydrogen) atoms. The average molecular weight is 209 g/mol. The number of hydrogen-bond donors (Lipinski definition) is 1. The van der Waals surface area contributed by atoms with Gasteiger partial charge in [-0.25, -0.2) is 4.99 Å². The summed E-state index contributed by atoms with van der Waals surface area (Å²) < 4.78 is 0. The van der Waals surface area contributed by atoms with Gasteiger partial charge in [0.15, 0.2) is 0 Å². The van der Waals surface area contributed by atoms with Crippen LogP contribution in [0, 0.1) is 16.2 Å². The molecule has 0 radical (unpaired) electrons. The summed E-state index contributed by atoms with van der Waals surface area (Å²) in [4.78, 5) is 6.72. The summed E-state index contributed by atoms with van der Waals surface area (Å²) >= 11 is 0. The first-order chi connectivity index (χ1) is 6.79. The third-order valence-corrected chi connectivity index (χ3v) is 3.99. The lowest BCUT2D eigenvalue weighted by Gasteiger charge is -2.38. The molecule has 0 spiro atoms. The Morgan fingerprint density at radius 3 is 1.80 bits per heavy atom. The van der Waals surface area contributed by atoms with Crippen LogP contribution >= 0.6 is 0 Å². The van der Waals surface area contributed by atoms with E-state index in [0.29, 0.717) is 5.84 Å². The molecule has 3 heteroatoms. The Morgan fingerprint density at radius 1 is 1.07 bits per heavy atom. The Hall–Kier alpha value is -0.860. The van der Waals surface area contributed by atoms with Crippen molar-refractivity contribution in [3.8, 4) is 0 Å². The van der Waals surface area contributed by atoms with Gasteiger partial charge in [0.1, 0.15) is 11.7 Å². The largest absolute Gasteiger partial charge is 0.360 e. The van der Waals surface area contributed by atoms with Crippen molar-refractivity contribution in [2.24, 2.45) is 15.8 Å². The third kappa shape index (κ3) is 1.58. The lowest BCUT2D eigenvalue weighted by molar-refractivity contribution is 0.264. The molecule has 1 rings (SSSR count). The van der Waals surface area contributed by atoms with Gasteiger partial charge in [-0.2, -0.15) is 0 Å². The summed E-state index contributed by atoms with van der Waals surface area (Å²) in [5.74, 6) is 1.58. The van der Waals surface area contributed by atoms with Crippen LogP contribution in [0.5, 0.6) is 0 Å². The standard InChI is InChI=1S/C12H23N3/c1-7-15(8-2)10-12(5,6)11(3,4)9(13)14-10/h13H,7-8H2,1-6H3. The molecule has 0 saturated carbocycles. The molecular weight excluding hydrogens is 186 g/mol. The Morgan fingerprint density at radius 2 is 1.53 bits per heavy atom. The van der Waals surface area contributed by atoms with Crippen LogP contribution in [0.4, 0.5) is 0 Å². The van der Waals surface area contributed by atoms with Gasteiger partial charge in [0, 0.05) is 23.9 Å². The summed E-state index contributed by atoms with van der Waals surface area (Å²) in [6.07, 6.45) is 0. The first-order valence-corrected chi connectivity index (χ1v) is 5.72. The molecule has 86 valence electrons. The highest BCUT2D eigenvalue weighted by atomic mass is 15.2. The average Bonchev–Trinajstić information content (AvgIpc) is 2.30. The zero-order valence-electron chi connectivity index (χ0n) is 10.8. The molecule has 0 unspecified atom stereocenters. The molecule has 1 aliphatic heterocycles. The fourth-order valence-electron chi connectivity index (χ4n) is 1.95. The van der Waals surface area contributed by atoms with E-state index < -0.39 is 0 Å². The highest BCUT2D eigenvalue weighted by molar-refractivity contribution is 6.09. The summed E-state index contributed by atoms with van der Waals surface area (Å²) in [5, 5.41) is 7.97. The Bertz CT molecular complexity index is 296. The van der Waals surface area contributed by atoms with Crippen LogP contribution in [-0.4, -0.2) is 29.7 Å². The van der Waals surface area contributed by atoms with Crippen LogP contribution < -0.4 is 0 Å². The SMILES string of the molecule is CCN(CC)C1=NC(=N)C(C)(C)C1(C)C. The predicted molar refractivity (Wildman–Crippen MR) is 65.6 cm³/mol. The maximum atomic E-state index is 7.97. The van der Waals surface area contributed by atoms with Crippen molar-refractivity contribution in [1.29, 1.82) is 5.41 Å². The Balaban J connectivity index is 3.12. The molecule has 1 heterocycles. The number of amidine groups is 2. The predicted octanol–water partition coefficient (Wildman–Crippen LogP) is 2.77. The van der Waals surface area contributed by atoms with Crippen molar-refractivity contribution in [1.82, 2.24) is 4.90 Å². The van der Waals surface area contributed by atoms with E-state index in [4.69, 9.17) is 5.41 Å². The van der Waals surface area contributed by atoms with Gasteiger partial charge in [-0.1, -0.05) is 27.7 Å². The van der Waals surface area contributed by atoms with Gasteiger partial charge in [0.25, 0.3) is 0 Å². The molecule has 0 bridgehead atoms. The van der Waals surface area contributed by atoms with Crippen LogP contribution in [0.2, 0.25) is 0 Å². The maximum Gasteiger partial charge on any atom is 0.129 e. The minimum Gasteiger partial charge on any atom is -0.360 e. The molecular formula is C12H23N3. The Labute approximate surface area is 93.1 Å². The molecule has 0 fully saturated rings. The molecule has 0 saturated heterocycles. The fourth-order valence-corrected chi connectivity index (χ4v) is 1.95. The first kappa shape index (κ1) is 12.2. The minimum atomic E-state index is -0.162. The molecule has 0 atom stereocenters. The van der Waals surface area contributed by atoms with Gasteiger partial charge in [0.2, 0.25) is 0 Å². The molecule has 3 nitrogen and oxygen atoms in total. The lowest BCUT2D eigenvalue weighted by Crippen LogP contribution is -2.45. The lowest BCUT2D eigenvalue weighted by atomic mass is 9.68. The molecule has 0 amide bonds. The smallest absolute Gasteiger partial charge is 0.129 e. The fraction of sp³-hybridized carbons (Fsp3) is 0.833. The summed E-state index contributed by atoms with van der Waals surface area (Å²) in [7, 11) is 0. The zero-order valence-corrected chi connectivity index (χ0v) is 10.8. The van der Waals surface area contributed by atoms with E-state index in [1.54, 1.807) is 0 Å². The normalized spacial score (nSPS) is 22.8. The number of rotatable bonds is 2. The number of hydrogen-bond acceptors (Lipinski definition) is 2. The van der Waals surface area contributed by atoms with Crippen molar-refractivity contribution < 1.29 is 0 Å². The van der Waals surface area contributed by atoms with E-state index in [0.717, 1.165) is 18.9 Å². The van der Waals surface area contributed by atoms with Crippen LogP contribution in [0.15, 0.2) is 4.99 Å². The van der Waals surface area contributed by atoms with Gasteiger partial charge in [-0.05, 0) is 13.8 Å². The highest BCUT2D eigenvalue weighted by Crippen LogP contribution is 2.46. The van der Waals surface area contributed by atoms with E-state index in [-0.39, 0.29) is 10.8 Å². The van der Waals surface area contributed by atoms with E-state index in [1.165, 1.54) is 0 Å². The van der Waals surface area contributed by atoms with Crippen molar-refractivity contribution in [3.05, 3.63) is 0 Å². The van der Waals surface area contributed by atoms with Crippen LogP contribution in [0.25, 0.3) is 0 Å². The van der Waals surface area contributed by atoms with Gasteiger partial charge in [0.05, 0.1) is 0 Å². The van der Waals surface area contributed by atoms with Crippen molar-refractivity contribution in [3.63, 3.8) is 0 Å². The monoisotopic (exact) mass is 209 g/mol. The molecule has 1 aliphatic rings. The van der Waals surface area contributed by atoms with Gasteiger partial charge >= 0.3 is 0 Å². The van der Waals surface area contributed by atoms with E-state index in [9.17, 15) is 0 Å². The molecule has 0 aromatic rings. The second-order valence-electron chi connectivity index (χ2n) is 5.21. The highest BCUT2D eigenvalue weighted by Gasteiger charge is 2.50. The van der Waals surface area contributed by atoms with Gasteiger partial charge < -0.3 is 4.90 Å². The minimum absolute atomic E-state index is 0.0455. The summed E-state index contributed by atoms with van der Waals surface area (Å²) in [6, 6.07) is 0. The van der Waals surface area contributed by atoms with E-state index in [1.807, 2.05) is 0 Å². The molecule has 0 aliphatic carbocycles. The van der Waals surface area contributed by atoms with Crippen LogP contribution in [0.3, 0.4) is 0 Å². The van der Waals surface area contributed by atoms with Gasteiger partial charge in [-0.15, -0.1) is 0 Å². The maximum absolute atomic E-state index is 7.97. The summed E-state index contributed by atoms with van der Waals surface area (Å²) in [5.41, 5.74) is -0.207. The van der Waals surface area contributed by atoms with Crippen LogP contribution in [0.1, 0.15) is 41.5 Å². The van der Waals surface area contributed by atoms with E-state index >= 15 is 0 Å². The third-order valence-electron chi connectivity index (χ3n) is 3.99. The molecule has 0 aromatic carbocycles. The second-order valence-corrected chi connectivity index (χ2v) is 5.21. The second kappa shape index (κ2) is 3.62. The zero-order chi connectivity index (χ0) is 11.9. The quantitative estimate of drug-likeness (QED) is 0.746. The topological polar surface area (TPSA) is 39.5 Å². The van der Waals surface area contributed by atoms with Gasteiger partial charge in [-0.3, -0.25) is 5.41 Å². The Kier molecular flexibility index (Phi) is 2.94. The van der Waals surface area contributed by atoms with E-state index in [2.05, 4.69) is 51.4 Å². The van der Waals surface area contributed by atoms with Crippen molar-refractivity contribution in [2.45, 2.75) is 41.5 Å².